The summed E-state index contributed by atoms with van der Waals surface area (Å²) in [6.45, 7) is 0. The highest BCUT2D eigenvalue weighted by molar-refractivity contribution is 7.99. The standard InChI is InChI=1S/C15H8N2O7S/c18-10-3-1-2-4-12(10)25-14-9-7-8(16(20)21)5-6-11(9)24-15(19)13(14)17(22)23/h1-7,18H. The van der Waals surface area contributed by atoms with Crippen molar-refractivity contribution in [2.24, 2.45) is 0 Å². The van der Waals surface area contributed by atoms with Gasteiger partial charge in [-0.15, -0.1) is 0 Å². The van der Waals surface area contributed by atoms with Gasteiger partial charge in [-0.1, -0.05) is 23.9 Å². The monoisotopic (exact) mass is 360 g/mol. The number of phenols is 1. The molecule has 3 aromatic rings. The van der Waals surface area contributed by atoms with Gasteiger partial charge >= 0.3 is 11.3 Å². The summed E-state index contributed by atoms with van der Waals surface area (Å²) < 4.78 is 4.90. The Morgan fingerprint density at radius 3 is 2.40 bits per heavy atom. The smallest absolute Gasteiger partial charge is 0.416 e. The van der Waals surface area contributed by atoms with E-state index >= 15 is 0 Å². The van der Waals surface area contributed by atoms with Crippen LogP contribution in [0.4, 0.5) is 11.4 Å². The number of non-ortho nitro benzene ring substituents is 1. The van der Waals surface area contributed by atoms with E-state index in [-0.39, 0.29) is 32.2 Å². The van der Waals surface area contributed by atoms with Crippen molar-refractivity contribution < 1.29 is 19.4 Å². The van der Waals surface area contributed by atoms with E-state index in [4.69, 9.17) is 4.42 Å². The van der Waals surface area contributed by atoms with E-state index in [9.17, 15) is 30.1 Å². The van der Waals surface area contributed by atoms with Crippen molar-refractivity contribution in [3.05, 3.63) is 73.1 Å². The number of fused-ring (bicyclic) bond motifs is 1. The lowest BCUT2D eigenvalue weighted by atomic mass is 10.2. The number of nitro groups is 2. The van der Waals surface area contributed by atoms with Crippen molar-refractivity contribution in [2.75, 3.05) is 0 Å². The summed E-state index contributed by atoms with van der Waals surface area (Å²) in [7, 11) is 0. The molecule has 10 heteroatoms. The Bertz CT molecular complexity index is 1080. The maximum Gasteiger partial charge on any atom is 0.416 e. The number of para-hydroxylation sites is 1. The van der Waals surface area contributed by atoms with Crippen LogP contribution >= 0.6 is 11.8 Å². The molecule has 0 spiro atoms. The third-order valence-electron chi connectivity index (χ3n) is 3.29. The molecule has 3 rings (SSSR count). The molecular weight excluding hydrogens is 352 g/mol. The number of nitro benzene ring substituents is 1. The van der Waals surface area contributed by atoms with Gasteiger partial charge in [-0.25, -0.2) is 4.79 Å². The fourth-order valence-corrected chi connectivity index (χ4v) is 3.24. The molecule has 0 aliphatic carbocycles. The zero-order valence-electron chi connectivity index (χ0n) is 12.2. The van der Waals surface area contributed by atoms with Crippen LogP contribution in [0.1, 0.15) is 0 Å². The maximum absolute atomic E-state index is 12.0. The molecule has 0 aliphatic rings. The van der Waals surface area contributed by atoms with Gasteiger partial charge in [-0.05, 0) is 18.2 Å². The van der Waals surface area contributed by atoms with Crippen molar-refractivity contribution in [1.29, 1.82) is 0 Å². The molecule has 0 saturated heterocycles. The van der Waals surface area contributed by atoms with Crippen molar-refractivity contribution in [1.82, 2.24) is 0 Å². The van der Waals surface area contributed by atoms with Crippen molar-refractivity contribution in [3.8, 4) is 5.75 Å². The second-order valence-electron chi connectivity index (χ2n) is 4.83. The molecule has 9 nitrogen and oxygen atoms in total. The van der Waals surface area contributed by atoms with Gasteiger partial charge in [-0.3, -0.25) is 20.2 Å². The van der Waals surface area contributed by atoms with Crippen LogP contribution in [0.25, 0.3) is 11.0 Å². The van der Waals surface area contributed by atoms with Gasteiger partial charge in [0.25, 0.3) is 5.69 Å². The number of hydrogen-bond donors (Lipinski definition) is 1. The largest absolute Gasteiger partial charge is 0.507 e. The molecule has 0 radical (unpaired) electrons. The number of rotatable bonds is 4. The van der Waals surface area contributed by atoms with E-state index < -0.39 is 21.2 Å². The third kappa shape index (κ3) is 3.02. The number of nitrogens with zero attached hydrogens (tertiary/aromatic N) is 2. The fourth-order valence-electron chi connectivity index (χ4n) is 2.18. The van der Waals surface area contributed by atoms with E-state index in [0.717, 1.165) is 23.9 Å². The Kier molecular flexibility index (Phi) is 4.11. The third-order valence-corrected chi connectivity index (χ3v) is 4.47. The second kappa shape index (κ2) is 6.24. The van der Waals surface area contributed by atoms with Crippen LogP contribution in [0.15, 0.2) is 61.5 Å². The molecule has 0 atom stereocenters. The molecule has 25 heavy (non-hydrogen) atoms. The first kappa shape index (κ1) is 16.5. The van der Waals surface area contributed by atoms with Gasteiger partial charge in [-0.2, -0.15) is 0 Å². The molecule has 0 saturated carbocycles. The summed E-state index contributed by atoms with van der Waals surface area (Å²) in [5.74, 6) is -0.145. The highest BCUT2D eigenvalue weighted by Gasteiger charge is 2.27. The molecule has 0 unspecified atom stereocenters. The zero-order valence-corrected chi connectivity index (χ0v) is 13.1. The van der Waals surface area contributed by atoms with Crippen LogP contribution in [-0.4, -0.2) is 15.0 Å². The average molecular weight is 360 g/mol. The fraction of sp³-hybridized carbons (Fsp3) is 0. The van der Waals surface area contributed by atoms with Gasteiger partial charge in [0, 0.05) is 17.5 Å². The predicted molar refractivity (Wildman–Crippen MR) is 88.0 cm³/mol. The molecule has 2 aromatic carbocycles. The Morgan fingerprint density at radius 1 is 1.04 bits per heavy atom. The SMILES string of the molecule is O=c1oc2ccc([N+](=O)[O-])cc2c(Sc2ccccc2O)c1[N+](=O)[O-]. The molecule has 126 valence electrons. The lowest BCUT2D eigenvalue weighted by Gasteiger charge is -2.07. The average Bonchev–Trinajstić information content (AvgIpc) is 2.55. The molecule has 0 amide bonds. The highest BCUT2D eigenvalue weighted by Crippen LogP contribution is 2.42. The minimum Gasteiger partial charge on any atom is -0.507 e. The first-order chi connectivity index (χ1) is 11.9. The van der Waals surface area contributed by atoms with Crippen LogP contribution in [0.2, 0.25) is 0 Å². The molecular formula is C15H8N2O7S. The van der Waals surface area contributed by atoms with Gasteiger partial charge in [0.1, 0.15) is 16.2 Å². The van der Waals surface area contributed by atoms with Crippen molar-refractivity contribution in [3.63, 3.8) is 0 Å². The van der Waals surface area contributed by atoms with E-state index in [0.29, 0.717) is 0 Å². The Balaban J connectivity index is 2.35. The Labute approximate surface area is 142 Å². The normalized spacial score (nSPS) is 10.7. The van der Waals surface area contributed by atoms with Gasteiger partial charge in [0.05, 0.1) is 14.7 Å². The summed E-state index contributed by atoms with van der Waals surface area (Å²) in [5.41, 5.74) is -2.36. The van der Waals surface area contributed by atoms with Crippen LogP contribution in [-0.2, 0) is 0 Å². The van der Waals surface area contributed by atoms with E-state index in [2.05, 4.69) is 0 Å². The van der Waals surface area contributed by atoms with E-state index in [1.54, 1.807) is 12.1 Å². The summed E-state index contributed by atoms with van der Waals surface area (Å²) in [5, 5.41) is 32.2. The molecule has 1 aromatic heterocycles. The van der Waals surface area contributed by atoms with Gasteiger partial charge in [0.15, 0.2) is 0 Å². The number of benzene rings is 2. The predicted octanol–water partition coefficient (Wildman–Crippen LogP) is 3.47. The van der Waals surface area contributed by atoms with Crippen LogP contribution in [0, 0.1) is 20.2 Å². The quantitative estimate of drug-likeness (QED) is 0.424. The zero-order chi connectivity index (χ0) is 18.1. The lowest BCUT2D eigenvalue weighted by molar-refractivity contribution is -0.390. The van der Waals surface area contributed by atoms with Gasteiger partial charge < -0.3 is 9.52 Å². The van der Waals surface area contributed by atoms with Crippen molar-refractivity contribution in [2.45, 2.75) is 9.79 Å². The van der Waals surface area contributed by atoms with Crippen LogP contribution in [0.3, 0.4) is 0 Å². The topological polar surface area (TPSA) is 137 Å². The van der Waals surface area contributed by atoms with Crippen LogP contribution < -0.4 is 5.63 Å². The molecule has 0 bridgehead atoms. The highest BCUT2D eigenvalue weighted by atomic mass is 32.2. The Morgan fingerprint density at radius 2 is 1.76 bits per heavy atom. The number of hydrogen-bond acceptors (Lipinski definition) is 8. The minimum atomic E-state index is -1.18. The first-order valence-electron chi connectivity index (χ1n) is 6.74. The second-order valence-corrected chi connectivity index (χ2v) is 5.88. The van der Waals surface area contributed by atoms with E-state index in [1.807, 2.05) is 0 Å². The summed E-state index contributed by atoms with van der Waals surface area (Å²) in [4.78, 5) is 32.8. The minimum absolute atomic E-state index is 0.0286. The summed E-state index contributed by atoms with van der Waals surface area (Å²) >= 11 is 0.759. The lowest BCUT2D eigenvalue weighted by Crippen LogP contribution is -2.08. The van der Waals surface area contributed by atoms with E-state index in [1.165, 1.54) is 18.2 Å². The summed E-state index contributed by atoms with van der Waals surface area (Å²) in [6, 6.07) is 9.47. The molecule has 1 N–H and O–H groups in total. The molecule has 0 fully saturated rings. The number of phenolic OH excluding ortho intramolecular Hbond substituents is 1. The Hall–Kier alpha value is -3.40. The van der Waals surface area contributed by atoms with Crippen LogP contribution in [0.5, 0.6) is 5.75 Å². The molecule has 0 aliphatic heterocycles. The number of aromatic hydroxyl groups is 1. The van der Waals surface area contributed by atoms with Gasteiger partial charge in [0.2, 0.25) is 0 Å². The summed E-state index contributed by atoms with van der Waals surface area (Å²) in [6.07, 6.45) is 0. The first-order valence-corrected chi connectivity index (χ1v) is 7.55. The molecule has 1 heterocycles. The van der Waals surface area contributed by atoms with Crippen molar-refractivity contribution >= 4 is 34.1 Å². The maximum atomic E-state index is 12.0.